The van der Waals surface area contributed by atoms with Gasteiger partial charge in [-0.3, -0.25) is 0 Å². The van der Waals surface area contributed by atoms with Gasteiger partial charge >= 0.3 is 0 Å². The van der Waals surface area contributed by atoms with E-state index in [1.165, 1.54) is 0 Å². The van der Waals surface area contributed by atoms with E-state index in [2.05, 4.69) is 6.58 Å². The first-order valence-corrected chi connectivity index (χ1v) is 5.15. The van der Waals surface area contributed by atoms with Crippen molar-refractivity contribution in [3.63, 3.8) is 0 Å². The molecule has 0 aromatic heterocycles. The number of hydrogen-bond donors (Lipinski definition) is 0. The van der Waals surface area contributed by atoms with Gasteiger partial charge in [0.05, 0.1) is 19.0 Å². The Kier molecular flexibility index (Phi) is 4.68. The summed E-state index contributed by atoms with van der Waals surface area (Å²) >= 11 is 0. The zero-order chi connectivity index (χ0) is 8.04. The van der Waals surface area contributed by atoms with Crippen LogP contribution in [0, 0.1) is 0 Å². The minimum atomic E-state index is -3.39. The van der Waals surface area contributed by atoms with E-state index < -0.39 is 9.05 Å². The summed E-state index contributed by atoms with van der Waals surface area (Å²) in [5.74, 6) is -0.150. The highest BCUT2D eigenvalue weighted by Gasteiger charge is 2.02. The lowest BCUT2D eigenvalue weighted by Gasteiger charge is -1.96. The summed E-state index contributed by atoms with van der Waals surface area (Å²) < 4.78 is 25.3. The lowest BCUT2D eigenvalue weighted by Crippen LogP contribution is -2.06. The largest absolute Gasteiger partial charge is 0.376 e. The van der Waals surface area contributed by atoms with Crippen molar-refractivity contribution < 1.29 is 13.2 Å². The highest BCUT2D eigenvalue weighted by molar-refractivity contribution is 8.13. The molecule has 0 fully saturated rings. The van der Waals surface area contributed by atoms with E-state index in [1.54, 1.807) is 6.08 Å². The molecule has 5 heteroatoms. The molecule has 3 nitrogen and oxygen atoms in total. The summed E-state index contributed by atoms with van der Waals surface area (Å²) in [4.78, 5) is 0. The summed E-state index contributed by atoms with van der Waals surface area (Å²) in [7, 11) is 1.49. The van der Waals surface area contributed by atoms with Crippen molar-refractivity contribution in [3.05, 3.63) is 12.7 Å². The van der Waals surface area contributed by atoms with Gasteiger partial charge in [-0.25, -0.2) is 8.42 Å². The van der Waals surface area contributed by atoms with Gasteiger partial charge in [-0.15, -0.1) is 6.58 Å². The maximum Gasteiger partial charge on any atom is 0.234 e. The van der Waals surface area contributed by atoms with E-state index >= 15 is 0 Å². The van der Waals surface area contributed by atoms with Crippen LogP contribution < -0.4 is 0 Å². The molecular weight excluding hydrogens is 176 g/mol. The van der Waals surface area contributed by atoms with Crippen LogP contribution in [0.1, 0.15) is 0 Å². The molecule has 0 bridgehead atoms. The smallest absolute Gasteiger partial charge is 0.234 e. The van der Waals surface area contributed by atoms with Crippen LogP contribution in [0.25, 0.3) is 0 Å². The fourth-order valence-corrected chi connectivity index (χ4v) is 0.831. The highest BCUT2D eigenvalue weighted by Crippen LogP contribution is 1.94. The first kappa shape index (κ1) is 9.94. The Morgan fingerprint density at radius 3 is 2.60 bits per heavy atom. The second kappa shape index (κ2) is 4.71. The lowest BCUT2D eigenvalue weighted by atomic mass is 10.7. The summed E-state index contributed by atoms with van der Waals surface area (Å²) in [6, 6.07) is 0. The highest BCUT2D eigenvalue weighted by atomic mass is 35.7. The number of hydrogen-bond acceptors (Lipinski definition) is 3. The first-order valence-electron chi connectivity index (χ1n) is 2.67. The molecule has 0 aromatic carbocycles. The van der Waals surface area contributed by atoms with E-state index in [-0.39, 0.29) is 12.4 Å². The first-order chi connectivity index (χ1) is 4.56. The van der Waals surface area contributed by atoms with Gasteiger partial charge in [0.25, 0.3) is 0 Å². The van der Waals surface area contributed by atoms with Crippen molar-refractivity contribution in [1.29, 1.82) is 0 Å². The van der Waals surface area contributed by atoms with Crippen LogP contribution in [-0.2, 0) is 13.8 Å². The van der Waals surface area contributed by atoms with Crippen LogP contribution in [0.3, 0.4) is 0 Å². The van der Waals surface area contributed by atoms with Gasteiger partial charge in [0.2, 0.25) is 9.05 Å². The Morgan fingerprint density at radius 1 is 1.60 bits per heavy atom. The minimum Gasteiger partial charge on any atom is -0.376 e. The minimum absolute atomic E-state index is 0.123. The summed E-state index contributed by atoms with van der Waals surface area (Å²) in [5.41, 5.74) is 0. The van der Waals surface area contributed by atoms with E-state index in [4.69, 9.17) is 15.4 Å². The summed E-state index contributed by atoms with van der Waals surface area (Å²) in [6.07, 6.45) is 1.54. The van der Waals surface area contributed by atoms with Crippen LogP contribution in [0.15, 0.2) is 12.7 Å². The molecule has 0 rings (SSSR count). The molecule has 10 heavy (non-hydrogen) atoms. The van der Waals surface area contributed by atoms with Gasteiger partial charge in [0, 0.05) is 10.7 Å². The van der Waals surface area contributed by atoms with Crippen LogP contribution in [0.4, 0.5) is 0 Å². The number of rotatable bonds is 5. The van der Waals surface area contributed by atoms with Gasteiger partial charge in [-0.05, 0) is 0 Å². The van der Waals surface area contributed by atoms with Crippen molar-refractivity contribution in [1.82, 2.24) is 0 Å². The third kappa shape index (κ3) is 7.94. The number of ether oxygens (including phenoxy) is 1. The maximum absolute atomic E-state index is 10.3. The molecule has 0 spiro atoms. The molecule has 0 N–H and O–H groups in total. The van der Waals surface area contributed by atoms with Gasteiger partial charge in [-0.1, -0.05) is 6.08 Å². The summed E-state index contributed by atoms with van der Waals surface area (Å²) in [5, 5.41) is 0. The molecule has 0 saturated heterocycles. The van der Waals surface area contributed by atoms with Crippen LogP contribution in [0.2, 0.25) is 0 Å². The molecule has 0 aliphatic rings. The molecular formula is C5H9ClO3S. The fourth-order valence-electron chi connectivity index (χ4n) is 0.325. The molecule has 0 aliphatic carbocycles. The number of halogens is 1. The molecule has 0 aromatic rings. The quantitative estimate of drug-likeness (QED) is 0.360. The molecule has 0 aliphatic heterocycles. The summed E-state index contributed by atoms with van der Waals surface area (Å²) in [6.45, 7) is 3.86. The molecule has 60 valence electrons. The van der Waals surface area contributed by atoms with E-state index in [1.807, 2.05) is 0 Å². The molecule has 0 saturated carbocycles. The third-order valence-electron chi connectivity index (χ3n) is 0.707. The zero-order valence-corrected chi connectivity index (χ0v) is 6.99. The van der Waals surface area contributed by atoms with Gasteiger partial charge < -0.3 is 4.74 Å². The second-order valence-electron chi connectivity index (χ2n) is 1.61. The fraction of sp³-hybridized carbons (Fsp3) is 0.600. The molecule has 0 atom stereocenters. The molecule has 0 radical (unpaired) electrons. The van der Waals surface area contributed by atoms with Crippen molar-refractivity contribution in [2.24, 2.45) is 0 Å². The van der Waals surface area contributed by atoms with Crippen molar-refractivity contribution in [2.45, 2.75) is 0 Å². The average Bonchev–Trinajstić information content (AvgIpc) is 1.78. The van der Waals surface area contributed by atoms with Crippen LogP contribution >= 0.6 is 10.7 Å². The standard InChI is InChI=1S/C5H9ClO3S/c1-2-3-9-4-5-10(6,7)8/h2H,1,3-5H2. The van der Waals surface area contributed by atoms with Crippen LogP contribution in [-0.4, -0.2) is 27.4 Å². The van der Waals surface area contributed by atoms with E-state index in [9.17, 15) is 8.42 Å². The second-order valence-corrected chi connectivity index (χ2v) is 4.50. The third-order valence-corrected chi connectivity index (χ3v) is 1.82. The van der Waals surface area contributed by atoms with Gasteiger partial charge in [0.15, 0.2) is 0 Å². The van der Waals surface area contributed by atoms with Crippen LogP contribution in [0.5, 0.6) is 0 Å². The predicted octanol–water partition coefficient (Wildman–Crippen LogP) is 0.758. The van der Waals surface area contributed by atoms with E-state index in [0.29, 0.717) is 6.61 Å². The maximum atomic E-state index is 10.3. The molecule has 0 heterocycles. The predicted molar refractivity (Wildman–Crippen MR) is 40.7 cm³/mol. The monoisotopic (exact) mass is 184 g/mol. The zero-order valence-electron chi connectivity index (χ0n) is 5.42. The van der Waals surface area contributed by atoms with Crippen molar-refractivity contribution in [2.75, 3.05) is 19.0 Å². The van der Waals surface area contributed by atoms with Gasteiger partial charge in [-0.2, -0.15) is 0 Å². The topological polar surface area (TPSA) is 43.4 Å². The van der Waals surface area contributed by atoms with Gasteiger partial charge in [0.1, 0.15) is 0 Å². The average molecular weight is 185 g/mol. The van der Waals surface area contributed by atoms with Crippen molar-refractivity contribution in [3.8, 4) is 0 Å². The Labute approximate surface area is 65.1 Å². The molecule has 0 amide bonds. The van der Waals surface area contributed by atoms with E-state index in [0.717, 1.165) is 0 Å². The van der Waals surface area contributed by atoms with Crippen molar-refractivity contribution >= 4 is 19.7 Å². The lowest BCUT2D eigenvalue weighted by molar-refractivity contribution is 0.179. The SMILES string of the molecule is C=CCOCCS(=O)(=O)Cl. The Bertz CT molecular complexity index is 185. The Morgan fingerprint density at radius 2 is 2.20 bits per heavy atom. The normalized spacial score (nSPS) is 11.3. The Balaban J connectivity index is 3.29. The molecule has 0 unspecified atom stereocenters. The Hall–Kier alpha value is -0.0600.